The average molecular weight is 275 g/mol. The molecule has 0 aliphatic carbocycles. The van der Waals surface area contributed by atoms with E-state index in [0.717, 1.165) is 23.7 Å². The summed E-state index contributed by atoms with van der Waals surface area (Å²) in [6, 6.07) is 4.11. The quantitative estimate of drug-likeness (QED) is 0.908. The number of pyridine rings is 1. The molecule has 19 heavy (non-hydrogen) atoms. The maximum absolute atomic E-state index is 4.80. The predicted molar refractivity (Wildman–Crippen MR) is 81.4 cm³/mol. The molecular formula is C15H21N3S. The lowest BCUT2D eigenvalue weighted by Crippen LogP contribution is -2.07. The maximum atomic E-state index is 4.80. The Balaban J connectivity index is 2.36. The Labute approximate surface area is 119 Å². The second-order valence-corrected chi connectivity index (χ2v) is 6.32. The molecule has 0 unspecified atom stereocenters. The summed E-state index contributed by atoms with van der Waals surface area (Å²) >= 11 is 1.75. The van der Waals surface area contributed by atoms with Gasteiger partial charge in [-0.3, -0.25) is 4.98 Å². The highest BCUT2D eigenvalue weighted by molar-refractivity contribution is 7.15. The highest BCUT2D eigenvalue weighted by Crippen LogP contribution is 2.28. The fraction of sp³-hybridized carbons (Fsp3) is 0.467. The third-order valence-electron chi connectivity index (χ3n) is 2.85. The molecule has 2 rings (SSSR count). The van der Waals surface area contributed by atoms with E-state index in [0.29, 0.717) is 5.92 Å². The van der Waals surface area contributed by atoms with Crippen LogP contribution in [0, 0.1) is 12.8 Å². The third kappa shape index (κ3) is 3.61. The van der Waals surface area contributed by atoms with Gasteiger partial charge in [-0.15, -0.1) is 11.3 Å². The van der Waals surface area contributed by atoms with Crippen LogP contribution in [0.15, 0.2) is 18.3 Å². The predicted octanol–water partition coefficient (Wildman–Crippen LogP) is 3.43. The van der Waals surface area contributed by atoms with E-state index in [1.807, 2.05) is 19.3 Å². The van der Waals surface area contributed by atoms with Gasteiger partial charge < -0.3 is 5.32 Å². The van der Waals surface area contributed by atoms with E-state index in [2.05, 4.69) is 37.1 Å². The highest BCUT2D eigenvalue weighted by atomic mass is 32.1. The number of rotatable bonds is 5. The van der Waals surface area contributed by atoms with Crippen LogP contribution in [0.25, 0.3) is 10.7 Å². The normalized spacial score (nSPS) is 11.2. The highest BCUT2D eigenvalue weighted by Gasteiger charge is 2.14. The Hall–Kier alpha value is -1.26. The van der Waals surface area contributed by atoms with Crippen LogP contribution < -0.4 is 5.32 Å². The smallest absolute Gasteiger partial charge is 0.142 e. The lowest BCUT2D eigenvalue weighted by molar-refractivity contribution is 0.631. The van der Waals surface area contributed by atoms with Gasteiger partial charge in [0.15, 0.2) is 0 Å². The van der Waals surface area contributed by atoms with Gasteiger partial charge in [0.1, 0.15) is 5.01 Å². The lowest BCUT2D eigenvalue weighted by Gasteiger charge is -2.03. The number of hydrogen-bond acceptors (Lipinski definition) is 4. The Morgan fingerprint density at radius 2 is 2.16 bits per heavy atom. The molecule has 102 valence electrons. The molecule has 0 saturated heterocycles. The van der Waals surface area contributed by atoms with Crippen molar-refractivity contribution in [2.75, 3.05) is 7.05 Å². The first-order valence-corrected chi connectivity index (χ1v) is 7.48. The van der Waals surface area contributed by atoms with Crippen LogP contribution in [-0.2, 0) is 13.0 Å². The molecule has 4 heteroatoms. The molecule has 0 aliphatic heterocycles. The van der Waals surface area contributed by atoms with Crippen molar-refractivity contribution in [3.05, 3.63) is 34.5 Å². The summed E-state index contributed by atoms with van der Waals surface area (Å²) in [5.41, 5.74) is 3.42. The maximum Gasteiger partial charge on any atom is 0.142 e. The van der Waals surface area contributed by atoms with Crippen LogP contribution in [0.4, 0.5) is 0 Å². The molecule has 3 nitrogen and oxygen atoms in total. The molecule has 1 N–H and O–H groups in total. The number of thiazole rings is 1. The molecule has 0 spiro atoms. The molecule has 0 fully saturated rings. The minimum atomic E-state index is 0.621. The fourth-order valence-corrected chi connectivity index (χ4v) is 3.06. The van der Waals surface area contributed by atoms with Crippen LogP contribution >= 0.6 is 11.3 Å². The summed E-state index contributed by atoms with van der Waals surface area (Å²) in [6.07, 6.45) is 2.88. The standard InChI is InChI=1S/C15H21N3S/c1-10(2)7-12-14(9-16-4)19-15(18-12)13-8-11(3)5-6-17-13/h5-6,8,10,16H,7,9H2,1-4H3. The first kappa shape index (κ1) is 14.2. The van der Waals surface area contributed by atoms with Crippen molar-refractivity contribution >= 4 is 11.3 Å². The first-order valence-electron chi connectivity index (χ1n) is 6.66. The van der Waals surface area contributed by atoms with Crippen molar-refractivity contribution in [2.45, 2.75) is 33.7 Å². The monoisotopic (exact) mass is 275 g/mol. The number of aryl methyl sites for hydroxylation is 1. The van der Waals surface area contributed by atoms with Crippen molar-refractivity contribution in [1.29, 1.82) is 0 Å². The van der Waals surface area contributed by atoms with Crippen molar-refractivity contribution in [3.8, 4) is 10.7 Å². The molecule has 0 saturated carbocycles. The summed E-state index contributed by atoms with van der Waals surface area (Å²) in [4.78, 5) is 10.6. The van der Waals surface area contributed by atoms with Crippen LogP contribution in [-0.4, -0.2) is 17.0 Å². The van der Waals surface area contributed by atoms with Crippen molar-refractivity contribution < 1.29 is 0 Å². The second-order valence-electron chi connectivity index (χ2n) is 5.24. The van der Waals surface area contributed by atoms with E-state index in [4.69, 9.17) is 4.98 Å². The molecule has 2 heterocycles. The molecule has 0 radical (unpaired) electrons. The topological polar surface area (TPSA) is 37.8 Å². The Bertz CT molecular complexity index is 546. The molecule has 0 bridgehead atoms. The van der Waals surface area contributed by atoms with Gasteiger partial charge >= 0.3 is 0 Å². The Morgan fingerprint density at radius 3 is 2.79 bits per heavy atom. The average Bonchev–Trinajstić information content (AvgIpc) is 2.72. The van der Waals surface area contributed by atoms with Gasteiger partial charge in [0.25, 0.3) is 0 Å². The summed E-state index contributed by atoms with van der Waals surface area (Å²) in [7, 11) is 1.98. The van der Waals surface area contributed by atoms with Crippen molar-refractivity contribution in [3.63, 3.8) is 0 Å². The van der Waals surface area contributed by atoms with E-state index < -0.39 is 0 Å². The molecule has 0 atom stereocenters. The molecule has 2 aromatic rings. The van der Waals surface area contributed by atoms with E-state index in [1.165, 1.54) is 16.1 Å². The zero-order valence-corrected chi connectivity index (χ0v) is 12.8. The number of hydrogen-bond donors (Lipinski definition) is 1. The largest absolute Gasteiger partial charge is 0.315 e. The van der Waals surface area contributed by atoms with Gasteiger partial charge in [-0.05, 0) is 44.0 Å². The third-order valence-corrected chi connectivity index (χ3v) is 3.97. The van der Waals surface area contributed by atoms with Gasteiger partial charge in [-0.25, -0.2) is 4.98 Å². The van der Waals surface area contributed by atoms with Gasteiger partial charge in [0, 0.05) is 17.6 Å². The van der Waals surface area contributed by atoms with Crippen LogP contribution in [0.2, 0.25) is 0 Å². The molecule has 0 aromatic carbocycles. The molecule has 0 aliphatic rings. The van der Waals surface area contributed by atoms with Gasteiger partial charge in [-0.1, -0.05) is 13.8 Å². The summed E-state index contributed by atoms with van der Waals surface area (Å²) in [5.74, 6) is 0.621. The SMILES string of the molecule is CNCc1sc(-c2cc(C)ccn2)nc1CC(C)C. The second kappa shape index (κ2) is 6.26. The first-order chi connectivity index (χ1) is 9.10. The molecule has 0 amide bonds. The van der Waals surface area contributed by atoms with E-state index >= 15 is 0 Å². The number of nitrogens with one attached hydrogen (secondary N) is 1. The van der Waals surface area contributed by atoms with Crippen LogP contribution in [0.3, 0.4) is 0 Å². The van der Waals surface area contributed by atoms with E-state index in [-0.39, 0.29) is 0 Å². The molecule has 2 aromatic heterocycles. The Kier molecular flexibility index (Phi) is 4.66. The summed E-state index contributed by atoms with van der Waals surface area (Å²) in [5, 5.41) is 4.26. The number of aromatic nitrogens is 2. The summed E-state index contributed by atoms with van der Waals surface area (Å²) < 4.78 is 0. The lowest BCUT2D eigenvalue weighted by atomic mass is 10.1. The van der Waals surface area contributed by atoms with Crippen molar-refractivity contribution in [2.24, 2.45) is 5.92 Å². The Morgan fingerprint density at radius 1 is 1.37 bits per heavy atom. The van der Waals surface area contributed by atoms with Crippen LogP contribution in [0.5, 0.6) is 0 Å². The van der Waals surface area contributed by atoms with Gasteiger partial charge in [-0.2, -0.15) is 0 Å². The van der Waals surface area contributed by atoms with Crippen molar-refractivity contribution in [1.82, 2.24) is 15.3 Å². The summed E-state index contributed by atoms with van der Waals surface area (Å²) in [6.45, 7) is 7.42. The minimum absolute atomic E-state index is 0.621. The van der Waals surface area contributed by atoms with Crippen LogP contribution in [0.1, 0.15) is 30.0 Å². The van der Waals surface area contributed by atoms with Gasteiger partial charge in [0.2, 0.25) is 0 Å². The number of nitrogens with zero attached hydrogens (tertiary/aromatic N) is 2. The van der Waals surface area contributed by atoms with E-state index in [9.17, 15) is 0 Å². The zero-order chi connectivity index (χ0) is 13.8. The zero-order valence-electron chi connectivity index (χ0n) is 12.0. The van der Waals surface area contributed by atoms with E-state index in [1.54, 1.807) is 11.3 Å². The molecular weight excluding hydrogens is 254 g/mol. The minimum Gasteiger partial charge on any atom is -0.315 e. The fourth-order valence-electron chi connectivity index (χ4n) is 1.99. The van der Waals surface area contributed by atoms with Gasteiger partial charge in [0.05, 0.1) is 11.4 Å².